The molecule has 0 aliphatic carbocycles. The number of rotatable bonds is 1. The summed E-state index contributed by atoms with van der Waals surface area (Å²) in [5.74, 6) is -1.06. The molecule has 0 bridgehead atoms. The summed E-state index contributed by atoms with van der Waals surface area (Å²) in [5.41, 5.74) is -0.214. The van der Waals surface area contributed by atoms with E-state index in [0.29, 0.717) is 10.0 Å². The lowest BCUT2D eigenvalue weighted by Gasteiger charge is -2.25. The quantitative estimate of drug-likeness (QED) is 0.766. The van der Waals surface area contributed by atoms with Gasteiger partial charge in [-0.1, -0.05) is 15.9 Å². The van der Waals surface area contributed by atoms with Gasteiger partial charge in [0.15, 0.2) is 0 Å². The van der Waals surface area contributed by atoms with Crippen molar-refractivity contribution in [3.05, 3.63) is 28.0 Å². The predicted octanol–water partition coefficient (Wildman–Crippen LogP) is 4.18. The van der Waals surface area contributed by atoms with Gasteiger partial charge in [-0.3, -0.25) is 4.79 Å². The van der Waals surface area contributed by atoms with Crippen molar-refractivity contribution in [3.63, 3.8) is 0 Å². The van der Waals surface area contributed by atoms with E-state index >= 15 is 0 Å². The second kappa shape index (κ2) is 5.91. The number of nitrogens with zero attached hydrogens (tertiary/aromatic N) is 1. The number of ether oxygens (including phenoxy) is 1. The minimum atomic E-state index is -0.833. The first-order valence-electron chi connectivity index (χ1n) is 6.02. The normalized spacial score (nSPS) is 11.2. The van der Waals surface area contributed by atoms with Gasteiger partial charge in [0.1, 0.15) is 11.4 Å². The van der Waals surface area contributed by atoms with Gasteiger partial charge >= 0.3 is 6.09 Å². The number of anilines is 1. The third kappa shape index (κ3) is 4.03. The number of carbonyl (C=O) groups is 2. The molecule has 20 heavy (non-hydrogen) atoms. The summed E-state index contributed by atoms with van der Waals surface area (Å²) in [6.45, 7) is 7.88. The molecule has 0 fully saturated rings. The van der Waals surface area contributed by atoms with Crippen LogP contribution in [0.2, 0.25) is 0 Å². The maximum Gasteiger partial charge on any atom is 0.421 e. The molecule has 0 spiro atoms. The van der Waals surface area contributed by atoms with Gasteiger partial charge in [0, 0.05) is 11.4 Å². The van der Waals surface area contributed by atoms with Gasteiger partial charge in [-0.2, -0.15) is 0 Å². The van der Waals surface area contributed by atoms with Crippen molar-refractivity contribution in [2.75, 3.05) is 4.90 Å². The smallest absolute Gasteiger partial charge is 0.421 e. The number of amides is 2. The maximum absolute atomic E-state index is 13.7. The summed E-state index contributed by atoms with van der Waals surface area (Å²) >= 11 is 3.19. The minimum Gasteiger partial charge on any atom is -0.443 e. The molecular formula is C14H17BrFNO3. The Balaban J connectivity index is 3.22. The fourth-order valence-electron chi connectivity index (χ4n) is 1.48. The van der Waals surface area contributed by atoms with E-state index in [-0.39, 0.29) is 5.69 Å². The molecule has 110 valence electrons. The zero-order chi connectivity index (χ0) is 15.7. The zero-order valence-electron chi connectivity index (χ0n) is 12.1. The van der Waals surface area contributed by atoms with Crippen molar-refractivity contribution >= 4 is 33.6 Å². The first-order valence-corrected chi connectivity index (χ1v) is 6.81. The third-order valence-corrected chi connectivity index (χ3v) is 3.24. The summed E-state index contributed by atoms with van der Waals surface area (Å²) in [6, 6.07) is 2.63. The number of halogens is 2. The van der Waals surface area contributed by atoms with Crippen LogP contribution in [0.5, 0.6) is 0 Å². The molecule has 0 aliphatic rings. The summed E-state index contributed by atoms with van der Waals surface area (Å²) < 4.78 is 19.4. The lowest BCUT2D eigenvalue weighted by Crippen LogP contribution is -2.39. The lowest BCUT2D eigenvalue weighted by atomic mass is 10.2. The van der Waals surface area contributed by atoms with Crippen molar-refractivity contribution in [1.82, 2.24) is 0 Å². The maximum atomic E-state index is 13.7. The Hall–Kier alpha value is -1.43. The van der Waals surface area contributed by atoms with E-state index in [0.717, 1.165) is 11.0 Å². The molecule has 0 heterocycles. The lowest BCUT2D eigenvalue weighted by molar-refractivity contribution is -0.116. The minimum absolute atomic E-state index is 0.127. The van der Waals surface area contributed by atoms with Crippen LogP contribution in [-0.4, -0.2) is 17.6 Å². The van der Waals surface area contributed by atoms with Crippen LogP contribution in [0.3, 0.4) is 0 Å². The molecule has 0 atom stereocenters. The van der Waals surface area contributed by atoms with Crippen LogP contribution in [0.1, 0.15) is 33.3 Å². The van der Waals surface area contributed by atoms with Crippen molar-refractivity contribution < 1.29 is 18.7 Å². The molecule has 4 nitrogen and oxygen atoms in total. The Morgan fingerprint density at radius 2 is 1.85 bits per heavy atom. The fourth-order valence-corrected chi connectivity index (χ4v) is 1.91. The average molecular weight is 346 g/mol. The molecule has 2 amide bonds. The van der Waals surface area contributed by atoms with Crippen LogP contribution in [0, 0.1) is 12.7 Å². The zero-order valence-corrected chi connectivity index (χ0v) is 13.7. The molecule has 1 aromatic carbocycles. The first-order chi connectivity index (χ1) is 9.03. The summed E-state index contributed by atoms with van der Waals surface area (Å²) in [5, 5.41) is 0. The van der Waals surface area contributed by atoms with E-state index in [1.807, 2.05) is 0 Å². The third-order valence-electron chi connectivity index (χ3n) is 2.41. The summed E-state index contributed by atoms with van der Waals surface area (Å²) in [6.07, 6.45) is -0.833. The van der Waals surface area contributed by atoms with Gasteiger partial charge in [0.25, 0.3) is 0 Å². The Morgan fingerprint density at radius 1 is 1.30 bits per heavy atom. The average Bonchev–Trinajstić information content (AvgIpc) is 2.22. The largest absolute Gasteiger partial charge is 0.443 e. The molecule has 0 N–H and O–H groups in total. The Kier molecular flexibility index (Phi) is 4.91. The van der Waals surface area contributed by atoms with Crippen LogP contribution in [0.4, 0.5) is 14.9 Å². The van der Waals surface area contributed by atoms with Crippen LogP contribution in [0.15, 0.2) is 16.6 Å². The van der Waals surface area contributed by atoms with Crippen molar-refractivity contribution in [1.29, 1.82) is 0 Å². The standard InChI is InChI=1S/C14H17BrFNO3/c1-8-11(15)6-10(7-12(8)16)17(9(2)18)13(19)20-14(3,4)5/h6-7H,1-5H3. The van der Waals surface area contributed by atoms with Crippen LogP contribution in [-0.2, 0) is 9.53 Å². The van der Waals surface area contributed by atoms with Gasteiger partial charge in [-0.25, -0.2) is 14.1 Å². The molecule has 0 aliphatic heterocycles. The molecule has 0 saturated carbocycles. The van der Waals surface area contributed by atoms with E-state index in [9.17, 15) is 14.0 Å². The van der Waals surface area contributed by atoms with E-state index < -0.39 is 23.4 Å². The van der Waals surface area contributed by atoms with E-state index in [4.69, 9.17) is 4.74 Å². The van der Waals surface area contributed by atoms with Crippen LogP contribution in [0.25, 0.3) is 0 Å². The second-order valence-electron chi connectivity index (χ2n) is 5.37. The monoisotopic (exact) mass is 345 g/mol. The molecule has 1 aromatic rings. The molecular weight excluding hydrogens is 329 g/mol. The Morgan fingerprint density at radius 3 is 2.25 bits per heavy atom. The summed E-state index contributed by atoms with van der Waals surface area (Å²) in [7, 11) is 0. The van der Waals surface area contributed by atoms with Crippen molar-refractivity contribution in [3.8, 4) is 0 Å². The first kappa shape index (κ1) is 16.6. The van der Waals surface area contributed by atoms with Gasteiger partial charge in [0.2, 0.25) is 5.91 Å². The molecule has 1 rings (SSSR count). The number of carbonyl (C=O) groups excluding carboxylic acids is 2. The Labute approximate surface area is 126 Å². The number of hydrogen-bond acceptors (Lipinski definition) is 3. The van der Waals surface area contributed by atoms with Crippen LogP contribution >= 0.6 is 15.9 Å². The fraction of sp³-hybridized carbons (Fsp3) is 0.429. The summed E-state index contributed by atoms with van der Waals surface area (Å²) in [4.78, 5) is 24.5. The number of benzene rings is 1. The highest BCUT2D eigenvalue weighted by Crippen LogP contribution is 2.27. The Bertz CT molecular complexity index is 529. The van der Waals surface area contributed by atoms with Gasteiger partial charge < -0.3 is 4.74 Å². The van der Waals surface area contributed by atoms with E-state index in [1.54, 1.807) is 27.7 Å². The highest BCUT2D eigenvalue weighted by atomic mass is 79.9. The van der Waals surface area contributed by atoms with Gasteiger partial charge in [0.05, 0.1) is 5.69 Å². The van der Waals surface area contributed by atoms with Gasteiger partial charge in [-0.15, -0.1) is 0 Å². The molecule has 0 aromatic heterocycles. The molecule has 6 heteroatoms. The number of imide groups is 1. The molecule has 0 saturated heterocycles. The van der Waals surface area contributed by atoms with Gasteiger partial charge in [-0.05, 0) is 45.4 Å². The van der Waals surface area contributed by atoms with Crippen molar-refractivity contribution in [2.24, 2.45) is 0 Å². The molecule has 0 unspecified atom stereocenters. The predicted molar refractivity (Wildman–Crippen MR) is 78.2 cm³/mol. The molecule has 0 radical (unpaired) electrons. The van der Waals surface area contributed by atoms with E-state index in [2.05, 4.69) is 15.9 Å². The highest BCUT2D eigenvalue weighted by molar-refractivity contribution is 9.10. The number of hydrogen-bond donors (Lipinski definition) is 0. The van der Waals surface area contributed by atoms with E-state index in [1.165, 1.54) is 13.0 Å². The topological polar surface area (TPSA) is 46.6 Å². The highest BCUT2D eigenvalue weighted by Gasteiger charge is 2.27. The van der Waals surface area contributed by atoms with Crippen molar-refractivity contribution in [2.45, 2.75) is 40.2 Å². The SMILES string of the molecule is CC(=O)N(C(=O)OC(C)(C)C)c1cc(F)c(C)c(Br)c1. The van der Waals surface area contributed by atoms with Crippen LogP contribution < -0.4 is 4.90 Å². The second-order valence-corrected chi connectivity index (χ2v) is 6.22.